The number of nitrogens with zero attached hydrogens (tertiary/aromatic N) is 4. The number of anilines is 1. The Morgan fingerprint density at radius 2 is 2.04 bits per heavy atom. The van der Waals surface area contributed by atoms with Gasteiger partial charge in [-0.1, -0.05) is 31.5 Å². The summed E-state index contributed by atoms with van der Waals surface area (Å²) in [5, 5.41) is 12.7. The lowest BCUT2D eigenvalue weighted by atomic mass is 9.93. The van der Waals surface area contributed by atoms with Crippen LogP contribution in [0.25, 0.3) is 16.8 Å². The molecule has 5 rings (SSSR count). The molecule has 3 atom stereocenters. The van der Waals surface area contributed by atoms with E-state index in [9.17, 15) is 0 Å². The van der Waals surface area contributed by atoms with Crippen molar-refractivity contribution in [1.82, 2.24) is 24.6 Å². The van der Waals surface area contributed by atoms with Crippen molar-refractivity contribution in [2.24, 2.45) is 5.92 Å². The summed E-state index contributed by atoms with van der Waals surface area (Å²) >= 11 is 0. The molecule has 0 amide bonds. The molecule has 1 aliphatic carbocycles. The van der Waals surface area contributed by atoms with Crippen LogP contribution < -0.4 is 5.32 Å². The van der Waals surface area contributed by atoms with Gasteiger partial charge in [0.1, 0.15) is 5.82 Å². The van der Waals surface area contributed by atoms with Crippen LogP contribution >= 0.6 is 0 Å². The van der Waals surface area contributed by atoms with Crippen LogP contribution in [0.15, 0.2) is 48.8 Å². The van der Waals surface area contributed by atoms with Crippen LogP contribution in [0.5, 0.6) is 0 Å². The van der Waals surface area contributed by atoms with E-state index in [4.69, 9.17) is 0 Å². The summed E-state index contributed by atoms with van der Waals surface area (Å²) in [7, 11) is 0. The summed E-state index contributed by atoms with van der Waals surface area (Å²) in [4.78, 5) is 7.61. The maximum atomic E-state index is 4.58. The molecule has 6 nitrogen and oxygen atoms in total. The SMILES string of the molecule is CCC1CC(Nc2ccccc2)CC1c1nnc2cnc3[nH]ccc3n12. The summed E-state index contributed by atoms with van der Waals surface area (Å²) in [5.74, 6) is 2.07. The second-order valence-corrected chi connectivity index (χ2v) is 7.18. The summed E-state index contributed by atoms with van der Waals surface area (Å²) in [6.45, 7) is 2.28. The molecular formula is C20H22N6. The van der Waals surface area contributed by atoms with Crippen LogP contribution in [0.1, 0.15) is 37.9 Å². The third-order valence-electron chi connectivity index (χ3n) is 5.66. The van der Waals surface area contributed by atoms with E-state index in [1.807, 2.05) is 6.20 Å². The van der Waals surface area contributed by atoms with Crippen molar-refractivity contribution >= 4 is 22.5 Å². The molecule has 0 radical (unpaired) electrons. The minimum atomic E-state index is 0.400. The third kappa shape index (κ3) is 2.44. The first-order chi connectivity index (χ1) is 12.8. The summed E-state index contributed by atoms with van der Waals surface area (Å²) < 4.78 is 2.18. The lowest BCUT2D eigenvalue weighted by Gasteiger charge is -2.16. The van der Waals surface area contributed by atoms with E-state index >= 15 is 0 Å². The van der Waals surface area contributed by atoms with E-state index in [1.165, 1.54) is 5.69 Å². The Morgan fingerprint density at radius 3 is 2.88 bits per heavy atom. The molecule has 0 bridgehead atoms. The largest absolute Gasteiger partial charge is 0.382 e. The average molecular weight is 346 g/mol. The van der Waals surface area contributed by atoms with Gasteiger partial charge in [-0.15, -0.1) is 10.2 Å². The standard InChI is InChI=1S/C20H22N6/c1-2-13-10-15(23-14-6-4-3-5-7-14)11-16(13)20-25-24-18-12-22-19-17(26(18)20)8-9-21-19/h3-9,12-13,15-16,21,23H,2,10-11H2,1H3. The number of hydrogen-bond acceptors (Lipinski definition) is 4. The zero-order valence-electron chi connectivity index (χ0n) is 14.8. The predicted molar refractivity (Wildman–Crippen MR) is 102 cm³/mol. The molecule has 26 heavy (non-hydrogen) atoms. The van der Waals surface area contributed by atoms with Crippen LogP contribution in [-0.4, -0.2) is 30.6 Å². The van der Waals surface area contributed by atoms with Gasteiger partial charge in [-0.3, -0.25) is 4.40 Å². The minimum absolute atomic E-state index is 0.400. The fourth-order valence-electron chi connectivity index (χ4n) is 4.42. The number of fused-ring (bicyclic) bond motifs is 3. The van der Waals surface area contributed by atoms with Gasteiger partial charge < -0.3 is 10.3 Å². The molecule has 1 saturated carbocycles. The summed E-state index contributed by atoms with van der Waals surface area (Å²) in [6.07, 6.45) is 7.10. The Morgan fingerprint density at radius 1 is 1.15 bits per heavy atom. The van der Waals surface area contributed by atoms with Crippen LogP contribution in [0, 0.1) is 5.92 Å². The van der Waals surface area contributed by atoms with E-state index in [0.29, 0.717) is 17.9 Å². The minimum Gasteiger partial charge on any atom is -0.382 e. The highest BCUT2D eigenvalue weighted by Crippen LogP contribution is 2.42. The molecule has 6 heteroatoms. The van der Waals surface area contributed by atoms with Crippen molar-refractivity contribution in [2.45, 2.75) is 38.1 Å². The molecule has 4 aromatic rings. The highest BCUT2D eigenvalue weighted by Gasteiger charge is 2.37. The van der Waals surface area contributed by atoms with Gasteiger partial charge in [-0.05, 0) is 37.0 Å². The smallest absolute Gasteiger partial charge is 0.179 e. The quantitative estimate of drug-likeness (QED) is 0.586. The third-order valence-corrected chi connectivity index (χ3v) is 5.66. The molecule has 2 N–H and O–H groups in total. The number of H-pyrrole nitrogens is 1. The molecule has 3 aromatic heterocycles. The number of para-hydroxylation sites is 1. The van der Waals surface area contributed by atoms with E-state index < -0.39 is 0 Å². The summed E-state index contributed by atoms with van der Waals surface area (Å²) in [5.41, 5.74) is 3.94. The maximum Gasteiger partial charge on any atom is 0.179 e. The van der Waals surface area contributed by atoms with Gasteiger partial charge in [0.15, 0.2) is 11.3 Å². The summed E-state index contributed by atoms with van der Waals surface area (Å²) in [6, 6.07) is 13.0. The molecule has 0 spiro atoms. The van der Waals surface area contributed by atoms with Gasteiger partial charge in [-0.25, -0.2) is 4.98 Å². The first kappa shape index (κ1) is 15.4. The second-order valence-electron chi connectivity index (χ2n) is 7.18. The molecule has 132 valence electrons. The van der Waals surface area contributed by atoms with Crippen LogP contribution in [0.4, 0.5) is 5.69 Å². The Labute approximate surface area is 151 Å². The number of nitrogens with one attached hydrogen (secondary N) is 2. The van der Waals surface area contributed by atoms with Gasteiger partial charge in [-0.2, -0.15) is 0 Å². The lowest BCUT2D eigenvalue weighted by molar-refractivity contribution is 0.451. The predicted octanol–water partition coefficient (Wildman–Crippen LogP) is 3.99. The highest BCUT2D eigenvalue weighted by atomic mass is 15.3. The fourth-order valence-corrected chi connectivity index (χ4v) is 4.42. The molecule has 1 fully saturated rings. The van der Waals surface area contributed by atoms with Crippen molar-refractivity contribution in [3.63, 3.8) is 0 Å². The normalized spacial score (nSPS) is 23.0. The van der Waals surface area contributed by atoms with E-state index in [0.717, 1.165) is 41.9 Å². The Bertz CT molecular complexity index is 1030. The molecule has 3 unspecified atom stereocenters. The van der Waals surface area contributed by atoms with Crippen molar-refractivity contribution < 1.29 is 0 Å². The first-order valence-electron chi connectivity index (χ1n) is 9.32. The van der Waals surface area contributed by atoms with E-state index in [1.54, 1.807) is 6.20 Å². The van der Waals surface area contributed by atoms with Gasteiger partial charge in [0.05, 0.1) is 11.7 Å². The van der Waals surface area contributed by atoms with Crippen LogP contribution in [0.2, 0.25) is 0 Å². The monoisotopic (exact) mass is 346 g/mol. The fraction of sp³-hybridized carbons (Fsp3) is 0.350. The lowest BCUT2D eigenvalue weighted by Crippen LogP contribution is -2.15. The zero-order valence-corrected chi connectivity index (χ0v) is 14.8. The number of benzene rings is 1. The van der Waals surface area contributed by atoms with E-state index in [2.05, 4.69) is 73.2 Å². The number of hydrogen-bond donors (Lipinski definition) is 2. The van der Waals surface area contributed by atoms with Crippen molar-refractivity contribution in [3.8, 4) is 0 Å². The topological polar surface area (TPSA) is 70.9 Å². The Balaban J connectivity index is 1.51. The second kappa shape index (κ2) is 6.12. The van der Waals surface area contributed by atoms with Crippen LogP contribution in [-0.2, 0) is 0 Å². The van der Waals surface area contributed by atoms with Crippen molar-refractivity contribution in [3.05, 3.63) is 54.6 Å². The zero-order chi connectivity index (χ0) is 17.5. The van der Waals surface area contributed by atoms with Gasteiger partial charge in [0.25, 0.3) is 0 Å². The molecular weight excluding hydrogens is 324 g/mol. The van der Waals surface area contributed by atoms with Gasteiger partial charge in [0, 0.05) is 23.8 Å². The number of rotatable bonds is 4. The number of aromatic amines is 1. The highest BCUT2D eigenvalue weighted by molar-refractivity contribution is 5.74. The molecule has 0 saturated heterocycles. The van der Waals surface area contributed by atoms with Crippen molar-refractivity contribution in [1.29, 1.82) is 0 Å². The van der Waals surface area contributed by atoms with Gasteiger partial charge >= 0.3 is 0 Å². The maximum absolute atomic E-state index is 4.58. The Kier molecular flexibility index (Phi) is 3.62. The molecule has 0 aliphatic heterocycles. The average Bonchev–Trinajstić information content (AvgIpc) is 3.39. The van der Waals surface area contributed by atoms with Crippen LogP contribution in [0.3, 0.4) is 0 Å². The van der Waals surface area contributed by atoms with Crippen molar-refractivity contribution in [2.75, 3.05) is 5.32 Å². The van der Waals surface area contributed by atoms with E-state index in [-0.39, 0.29) is 0 Å². The van der Waals surface area contributed by atoms with Gasteiger partial charge in [0.2, 0.25) is 0 Å². The first-order valence-corrected chi connectivity index (χ1v) is 9.32. The molecule has 3 heterocycles. The Hall–Kier alpha value is -2.89. The molecule has 1 aromatic carbocycles. The molecule has 1 aliphatic rings. The number of aromatic nitrogens is 5.